The number of fused-ring (bicyclic) bond motifs is 1. The molecule has 4 aromatic rings. The summed E-state index contributed by atoms with van der Waals surface area (Å²) in [5.74, 6) is 0.707. The van der Waals surface area contributed by atoms with Crippen LogP contribution in [0.2, 0.25) is 0 Å². The van der Waals surface area contributed by atoms with Gasteiger partial charge in [0.15, 0.2) is 0 Å². The third-order valence-corrected chi connectivity index (χ3v) is 4.41. The molecule has 0 bridgehead atoms. The zero-order valence-electron chi connectivity index (χ0n) is 14.6. The van der Waals surface area contributed by atoms with Crippen LogP contribution in [0.5, 0.6) is 0 Å². The molecule has 0 radical (unpaired) electrons. The Morgan fingerprint density at radius 3 is 2.58 bits per heavy atom. The first kappa shape index (κ1) is 16.0. The first-order chi connectivity index (χ1) is 12.7. The van der Waals surface area contributed by atoms with Gasteiger partial charge < -0.3 is 0 Å². The van der Waals surface area contributed by atoms with E-state index in [0.29, 0.717) is 11.4 Å². The number of benzene rings is 1. The van der Waals surface area contributed by atoms with Gasteiger partial charge in [-0.3, -0.25) is 4.40 Å². The van der Waals surface area contributed by atoms with Gasteiger partial charge in [0.1, 0.15) is 11.5 Å². The molecular formula is C21H17N5. The van der Waals surface area contributed by atoms with E-state index in [1.54, 1.807) is 18.3 Å². The highest BCUT2D eigenvalue weighted by atomic mass is 15.0. The van der Waals surface area contributed by atoms with Crippen molar-refractivity contribution in [2.75, 3.05) is 0 Å². The number of rotatable bonds is 3. The molecule has 3 aromatic heterocycles. The molecule has 3 heterocycles. The standard InChI is InChI=1S/C21H17N5/c1-3-15-4-6-17(7-5-15)20-21(18-8-10-23-14(2)24-18)26-11-9-16(13-22)12-19(26)25-20/h4-12H,3H2,1-2H3. The molecule has 1 aromatic carbocycles. The van der Waals surface area contributed by atoms with Crippen LogP contribution in [0.25, 0.3) is 28.3 Å². The van der Waals surface area contributed by atoms with E-state index in [-0.39, 0.29) is 0 Å². The van der Waals surface area contributed by atoms with Gasteiger partial charge in [0.2, 0.25) is 0 Å². The summed E-state index contributed by atoms with van der Waals surface area (Å²) in [7, 11) is 0. The van der Waals surface area contributed by atoms with Crippen molar-refractivity contribution in [1.82, 2.24) is 19.4 Å². The maximum atomic E-state index is 9.19. The molecule has 0 atom stereocenters. The first-order valence-corrected chi connectivity index (χ1v) is 8.51. The number of aromatic nitrogens is 4. The largest absolute Gasteiger partial charge is 0.298 e. The Balaban J connectivity index is 2.01. The maximum Gasteiger partial charge on any atom is 0.139 e. The van der Waals surface area contributed by atoms with Gasteiger partial charge in [0.05, 0.1) is 28.7 Å². The number of imidazole rings is 1. The summed E-state index contributed by atoms with van der Waals surface area (Å²) in [6, 6.07) is 16.1. The topological polar surface area (TPSA) is 66.9 Å². The number of hydrogen-bond acceptors (Lipinski definition) is 4. The summed E-state index contributed by atoms with van der Waals surface area (Å²) >= 11 is 0. The molecule has 0 spiro atoms. The summed E-state index contributed by atoms with van der Waals surface area (Å²) in [4.78, 5) is 13.6. The van der Waals surface area contributed by atoms with Crippen molar-refractivity contribution in [2.45, 2.75) is 20.3 Å². The fraction of sp³-hybridized carbons (Fsp3) is 0.143. The number of hydrogen-bond donors (Lipinski definition) is 0. The highest BCUT2D eigenvalue weighted by Crippen LogP contribution is 2.32. The monoisotopic (exact) mass is 339 g/mol. The van der Waals surface area contributed by atoms with E-state index in [2.05, 4.69) is 47.2 Å². The van der Waals surface area contributed by atoms with E-state index >= 15 is 0 Å². The van der Waals surface area contributed by atoms with E-state index in [0.717, 1.165) is 34.7 Å². The molecule has 5 nitrogen and oxygen atoms in total. The maximum absolute atomic E-state index is 9.19. The minimum atomic E-state index is 0.584. The van der Waals surface area contributed by atoms with Gasteiger partial charge in [-0.25, -0.2) is 15.0 Å². The van der Waals surface area contributed by atoms with Crippen LogP contribution >= 0.6 is 0 Å². The molecule has 5 heteroatoms. The van der Waals surface area contributed by atoms with Crippen LogP contribution in [-0.4, -0.2) is 19.4 Å². The molecular weight excluding hydrogens is 322 g/mol. The molecule has 0 saturated carbocycles. The van der Waals surface area contributed by atoms with E-state index in [1.165, 1.54) is 5.56 Å². The number of nitrogens with zero attached hydrogens (tertiary/aromatic N) is 5. The lowest BCUT2D eigenvalue weighted by Gasteiger charge is -2.06. The Morgan fingerprint density at radius 1 is 1.08 bits per heavy atom. The van der Waals surface area contributed by atoms with Crippen LogP contribution in [0, 0.1) is 18.3 Å². The molecule has 0 unspecified atom stereocenters. The second-order valence-corrected chi connectivity index (χ2v) is 6.10. The second-order valence-electron chi connectivity index (χ2n) is 6.10. The van der Waals surface area contributed by atoms with Crippen molar-refractivity contribution < 1.29 is 0 Å². The smallest absolute Gasteiger partial charge is 0.139 e. The van der Waals surface area contributed by atoms with Crippen LogP contribution < -0.4 is 0 Å². The van der Waals surface area contributed by atoms with Crippen molar-refractivity contribution in [2.24, 2.45) is 0 Å². The zero-order chi connectivity index (χ0) is 18.1. The summed E-state index contributed by atoms with van der Waals surface area (Å²) < 4.78 is 1.98. The van der Waals surface area contributed by atoms with Gasteiger partial charge in [0.25, 0.3) is 0 Å². The molecule has 4 rings (SSSR count). The van der Waals surface area contributed by atoms with Crippen molar-refractivity contribution in [3.8, 4) is 28.7 Å². The van der Waals surface area contributed by atoms with Crippen molar-refractivity contribution >= 4 is 5.65 Å². The van der Waals surface area contributed by atoms with Gasteiger partial charge in [-0.05, 0) is 37.1 Å². The SMILES string of the molecule is CCc1ccc(-c2nc3cc(C#N)ccn3c2-c2ccnc(C)n2)cc1. The van der Waals surface area contributed by atoms with E-state index < -0.39 is 0 Å². The molecule has 0 N–H and O–H groups in total. The minimum Gasteiger partial charge on any atom is -0.298 e. The molecule has 0 saturated heterocycles. The lowest BCUT2D eigenvalue weighted by molar-refractivity contribution is 1.04. The van der Waals surface area contributed by atoms with Gasteiger partial charge in [0, 0.05) is 18.0 Å². The number of pyridine rings is 1. The van der Waals surface area contributed by atoms with Gasteiger partial charge in [-0.15, -0.1) is 0 Å². The summed E-state index contributed by atoms with van der Waals surface area (Å²) in [6.07, 6.45) is 4.62. The molecule has 126 valence electrons. The van der Waals surface area contributed by atoms with Gasteiger partial charge >= 0.3 is 0 Å². The van der Waals surface area contributed by atoms with E-state index in [4.69, 9.17) is 4.98 Å². The van der Waals surface area contributed by atoms with Gasteiger partial charge in [-0.1, -0.05) is 31.2 Å². The average molecular weight is 339 g/mol. The lowest BCUT2D eigenvalue weighted by Crippen LogP contribution is -1.95. The first-order valence-electron chi connectivity index (χ1n) is 8.51. The quantitative estimate of drug-likeness (QED) is 0.561. The second kappa shape index (κ2) is 6.41. The van der Waals surface area contributed by atoms with Crippen LogP contribution in [-0.2, 0) is 6.42 Å². The average Bonchev–Trinajstić information content (AvgIpc) is 3.06. The zero-order valence-corrected chi connectivity index (χ0v) is 14.6. The molecule has 0 amide bonds. The Morgan fingerprint density at radius 2 is 1.88 bits per heavy atom. The fourth-order valence-electron chi connectivity index (χ4n) is 3.05. The van der Waals surface area contributed by atoms with E-state index in [9.17, 15) is 5.26 Å². The van der Waals surface area contributed by atoms with Crippen molar-refractivity contribution in [3.05, 3.63) is 71.8 Å². The van der Waals surface area contributed by atoms with Crippen LogP contribution in [0.4, 0.5) is 0 Å². The number of nitriles is 1. The minimum absolute atomic E-state index is 0.584. The Kier molecular flexibility index (Phi) is 3.94. The molecule has 0 aliphatic rings. The summed E-state index contributed by atoms with van der Waals surface area (Å²) in [5, 5.41) is 9.19. The van der Waals surface area contributed by atoms with Crippen LogP contribution in [0.1, 0.15) is 23.9 Å². The molecule has 26 heavy (non-hydrogen) atoms. The number of aryl methyl sites for hydroxylation is 2. The predicted octanol–water partition coefficient (Wildman–Crippen LogP) is 4.20. The Labute approximate surface area is 151 Å². The van der Waals surface area contributed by atoms with Crippen LogP contribution in [0.15, 0.2) is 54.9 Å². The van der Waals surface area contributed by atoms with Crippen molar-refractivity contribution in [3.63, 3.8) is 0 Å². The van der Waals surface area contributed by atoms with Crippen molar-refractivity contribution in [1.29, 1.82) is 5.26 Å². The Hall–Kier alpha value is -3.52. The third kappa shape index (κ3) is 2.72. The summed E-state index contributed by atoms with van der Waals surface area (Å²) in [5.41, 5.74) is 6.18. The normalized spacial score (nSPS) is 10.8. The lowest BCUT2D eigenvalue weighted by atomic mass is 10.1. The highest BCUT2D eigenvalue weighted by molar-refractivity contribution is 5.80. The molecule has 0 aliphatic carbocycles. The molecule has 0 aliphatic heterocycles. The molecule has 0 fully saturated rings. The third-order valence-electron chi connectivity index (χ3n) is 4.41. The predicted molar refractivity (Wildman–Crippen MR) is 100 cm³/mol. The van der Waals surface area contributed by atoms with E-state index in [1.807, 2.05) is 23.6 Å². The van der Waals surface area contributed by atoms with Gasteiger partial charge in [-0.2, -0.15) is 5.26 Å². The fourth-order valence-corrected chi connectivity index (χ4v) is 3.05. The summed E-state index contributed by atoms with van der Waals surface area (Å²) in [6.45, 7) is 4.01. The highest BCUT2D eigenvalue weighted by Gasteiger charge is 2.17. The Bertz CT molecular complexity index is 1130. The van der Waals surface area contributed by atoms with Crippen LogP contribution in [0.3, 0.4) is 0 Å².